The SMILES string of the molecule is CCCCCCCCCCCCc1cccc2c(S(=O)(=O)[O-])ccc(CCCCCCCCCCCC)c12.[Na+]. The summed E-state index contributed by atoms with van der Waals surface area (Å²) in [6.07, 6.45) is 27.9. The van der Waals surface area contributed by atoms with Gasteiger partial charge in [-0.25, -0.2) is 8.42 Å². The van der Waals surface area contributed by atoms with Crippen molar-refractivity contribution in [2.45, 2.75) is 160 Å². The van der Waals surface area contributed by atoms with Crippen molar-refractivity contribution in [3.63, 3.8) is 0 Å². The van der Waals surface area contributed by atoms with Crippen LogP contribution in [0.2, 0.25) is 0 Å². The van der Waals surface area contributed by atoms with Crippen LogP contribution in [0, 0.1) is 0 Å². The summed E-state index contributed by atoms with van der Waals surface area (Å²) in [5.74, 6) is 0. The third-order valence-electron chi connectivity index (χ3n) is 8.04. The maximum Gasteiger partial charge on any atom is 1.00 e. The maximum atomic E-state index is 12.0. The zero-order valence-electron chi connectivity index (χ0n) is 25.6. The van der Waals surface area contributed by atoms with Gasteiger partial charge in [0.2, 0.25) is 0 Å². The van der Waals surface area contributed by atoms with Gasteiger partial charge in [-0.2, -0.15) is 0 Å². The van der Waals surface area contributed by atoms with Gasteiger partial charge < -0.3 is 4.55 Å². The number of benzene rings is 2. The second kappa shape index (κ2) is 22.2. The first-order chi connectivity index (χ1) is 18.5. The van der Waals surface area contributed by atoms with E-state index in [1.54, 1.807) is 6.07 Å². The minimum atomic E-state index is -4.50. The molecule has 0 saturated carbocycles. The molecule has 0 amide bonds. The second-order valence-corrected chi connectivity index (χ2v) is 12.7. The average molecular weight is 567 g/mol. The fourth-order valence-electron chi connectivity index (χ4n) is 5.77. The Morgan fingerprint density at radius 2 is 0.923 bits per heavy atom. The monoisotopic (exact) mass is 566 g/mol. The van der Waals surface area contributed by atoms with Gasteiger partial charge in [-0.15, -0.1) is 0 Å². The molecule has 0 aromatic heterocycles. The molecule has 0 heterocycles. The Balaban J connectivity index is 0.00000760. The molecule has 2 aromatic carbocycles. The number of unbranched alkanes of at least 4 members (excludes halogenated alkanes) is 18. The van der Waals surface area contributed by atoms with Crippen LogP contribution < -0.4 is 29.6 Å². The van der Waals surface area contributed by atoms with E-state index in [2.05, 4.69) is 19.9 Å². The van der Waals surface area contributed by atoms with Gasteiger partial charge in [0, 0.05) is 0 Å². The molecular formula is C34H55NaO3S. The second-order valence-electron chi connectivity index (χ2n) is 11.4. The zero-order valence-corrected chi connectivity index (χ0v) is 28.4. The van der Waals surface area contributed by atoms with Crippen molar-refractivity contribution < 1.29 is 42.5 Å². The fraction of sp³-hybridized carbons (Fsp3) is 0.706. The molecule has 0 spiro atoms. The molecule has 0 aliphatic rings. The van der Waals surface area contributed by atoms with Crippen LogP contribution >= 0.6 is 0 Å². The Bertz CT molecular complexity index is 973. The van der Waals surface area contributed by atoms with Crippen molar-refractivity contribution in [1.82, 2.24) is 0 Å². The first kappa shape index (κ1) is 36.6. The molecule has 5 heteroatoms. The van der Waals surface area contributed by atoms with Gasteiger partial charge >= 0.3 is 29.6 Å². The zero-order chi connectivity index (χ0) is 27.5. The van der Waals surface area contributed by atoms with Crippen LogP contribution in [0.4, 0.5) is 0 Å². The van der Waals surface area contributed by atoms with Gasteiger partial charge in [-0.1, -0.05) is 154 Å². The van der Waals surface area contributed by atoms with Crippen LogP contribution in [0.1, 0.15) is 153 Å². The van der Waals surface area contributed by atoms with Crippen LogP contribution in [0.15, 0.2) is 35.2 Å². The van der Waals surface area contributed by atoms with Crippen LogP contribution in [0.3, 0.4) is 0 Å². The van der Waals surface area contributed by atoms with E-state index in [4.69, 9.17) is 0 Å². The molecule has 0 radical (unpaired) electrons. The summed E-state index contributed by atoms with van der Waals surface area (Å²) in [5.41, 5.74) is 2.41. The Hall–Kier alpha value is -0.390. The number of fused-ring (bicyclic) bond motifs is 1. The largest absolute Gasteiger partial charge is 1.00 e. The molecule has 0 aliphatic heterocycles. The molecular weight excluding hydrogens is 511 g/mol. The number of hydrogen-bond donors (Lipinski definition) is 0. The van der Waals surface area contributed by atoms with Gasteiger partial charge in [-0.3, -0.25) is 0 Å². The van der Waals surface area contributed by atoms with Crippen molar-refractivity contribution in [2.75, 3.05) is 0 Å². The van der Waals surface area contributed by atoms with E-state index in [-0.39, 0.29) is 34.5 Å². The first-order valence-corrected chi connectivity index (χ1v) is 17.4. The molecule has 2 aromatic rings. The molecule has 216 valence electrons. The molecule has 3 nitrogen and oxygen atoms in total. The van der Waals surface area contributed by atoms with Crippen molar-refractivity contribution in [1.29, 1.82) is 0 Å². The molecule has 0 saturated heterocycles. The summed E-state index contributed by atoms with van der Waals surface area (Å²) in [6.45, 7) is 4.52. The van der Waals surface area contributed by atoms with E-state index in [0.717, 1.165) is 31.1 Å². The van der Waals surface area contributed by atoms with Crippen molar-refractivity contribution in [2.24, 2.45) is 0 Å². The minimum Gasteiger partial charge on any atom is -0.744 e. The number of aryl methyl sites for hydroxylation is 2. The third-order valence-corrected chi connectivity index (χ3v) is 8.94. The molecule has 0 aliphatic carbocycles. The van der Waals surface area contributed by atoms with Crippen LogP contribution in [0.5, 0.6) is 0 Å². The smallest absolute Gasteiger partial charge is 0.744 e. The molecule has 0 fully saturated rings. The summed E-state index contributed by atoms with van der Waals surface area (Å²) in [7, 11) is -4.50. The van der Waals surface area contributed by atoms with Gasteiger partial charge in [0.15, 0.2) is 0 Å². The van der Waals surface area contributed by atoms with E-state index in [0.29, 0.717) is 5.39 Å². The first-order valence-electron chi connectivity index (χ1n) is 16.0. The topological polar surface area (TPSA) is 57.2 Å². The van der Waals surface area contributed by atoms with Crippen LogP contribution in [-0.4, -0.2) is 13.0 Å². The Kier molecular flexibility index (Phi) is 20.9. The fourth-order valence-corrected chi connectivity index (χ4v) is 6.45. The van der Waals surface area contributed by atoms with Gasteiger partial charge in [0.25, 0.3) is 0 Å². The standard InChI is InChI=1S/C34H56O3S.Na/c1-3-5-7-9-11-13-15-17-19-21-24-30-26-23-27-32-33(38(35,36)37)29-28-31(34(30)32)25-22-20-18-16-14-12-10-8-6-4-2;/h23,26-29H,3-22,24-25H2,1-2H3,(H,35,36,37);/q;+1/p-1. The Morgan fingerprint density at radius 3 is 1.33 bits per heavy atom. The summed E-state index contributed by atoms with van der Waals surface area (Å²) in [5, 5.41) is 1.64. The van der Waals surface area contributed by atoms with Gasteiger partial charge in [-0.05, 0) is 53.6 Å². The average Bonchev–Trinajstić information content (AvgIpc) is 2.90. The molecule has 0 unspecified atom stereocenters. The van der Waals surface area contributed by atoms with E-state index >= 15 is 0 Å². The predicted molar refractivity (Wildman–Crippen MR) is 163 cm³/mol. The van der Waals surface area contributed by atoms with Gasteiger partial charge in [0.1, 0.15) is 10.1 Å². The van der Waals surface area contributed by atoms with E-state index in [1.807, 2.05) is 18.2 Å². The molecule has 39 heavy (non-hydrogen) atoms. The van der Waals surface area contributed by atoms with E-state index < -0.39 is 10.1 Å². The van der Waals surface area contributed by atoms with Crippen molar-refractivity contribution >= 4 is 20.9 Å². The molecule has 0 N–H and O–H groups in total. The molecule has 0 bridgehead atoms. The maximum absolute atomic E-state index is 12.0. The van der Waals surface area contributed by atoms with Crippen molar-refractivity contribution in [3.05, 3.63) is 41.5 Å². The molecule has 2 rings (SSSR count). The number of hydrogen-bond acceptors (Lipinski definition) is 3. The summed E-state index contributed by atoms with van der Waals surface area (Å²) in [4.78, 5) is -0.0655. The van der Waals surface area contributed by atoms with Crippen LogP contribution in [0.25, 0.3) is 10.8 Å². The summed E-state index contributed by atoms with van der Waals surface area (Å²) >= 11 is 0. The Labute approximate surface area is 263 Å². The predicted octanol–water partition coefficient (Wildman–Crippen LogP) is 7.67. The van der Waals surface area contributed by atoms with Gasteiger partial charge in [0.05, 0.1) is 4.90 Å². The van der Waals surface area contributed by atoms with E-state index in [9.17, 15) is 13.0 Å². The normalized spacial score (nSPS) is 11.7. The summed E-state index contributed by atoms with van der Waals surface area (Å²) in [6, 6.07) is 9.33. The van der Waals surface area contributed by atoms with Crippen molar-refractivity contribution in [3.8, 4) is 0 Å². The third kappa shape index (κ3) is 14.9. The van der Waals surface area contributed by atoms with Crippen LogP contribution in [-0.2, 0) is 23.0 Å². The minimum absolute atomic E-state index is 0. The summed E-state index contributed by atoms with van der Waals surface area (Å²) < 4.78 is 36.0. The number of rotatable bonds is 23. The van der Waals surface area contributed by atoms with E-state index in [1.165, 1.54) is 127 Å². The molecule has 0 atom stereocenters. The quantitative estimate of drug-likeness (QED) is 0.0788. The Morgan fingerprint density at radius 1 is 0.538 bits per heavy atom.